The quantitative estimate of drug-likeness (QED) is 0.810. The van der Waals surface area contributed by atoms with Crippen LogP contribution >= 0.6 is 0 Å². The SMILES string of the molecule is CCC(C)C(C)(O)CNC(=O)c1ccc(CN(C)C)cc1. The number of carbonyl (C=O) groups excluding carboxylic acids is 1. The molecule has 4 heteroatoms. The fraction of sp³-hybridized carbons (Fsp3) is 0.588. The predicted molar refractivity (Wildman–Crippen MR) is 86.2 cm³/mol. The Balaban J connectivity index is 2.60. The van der Waals surface area contributed by atoms with E-state index in [4.69, 9.17) is 0 Å². The van der Waals surface area contributed by atoms with Gasteiger partial charge in [-0.3, -0.25) is 4.79 Å². The highest BCUT2D eigenvalue weighted by atomic mass is 16.3. The van der Waals surface area contributed by atoms with Crippen LogP contribution in [0.25, 0.3) is 0 Å². The Hall–Kier alpha value is -1.39. The van der Waals surface area contributed by atoms with Gasteiger partial charge in [-0.25, -0.2) is 0 Å². The van der Waals surface area contributed by atoms with Gasteiger partial charge in [0.15, 0.2) is 0 Å². The minimum atomic E-state index is -0.880. The van der Waals surface area contributed by atoms with Crippen molar-refractivity contribution in [3.05, 3.63) is 35.4 Å². The Bertz CT molecular complexity index is 452. The standard InChI is InChI=1S/C17H28N2O2/c1-6-13(2)17(3,21)12-18-16(20)15-9-7-14(8-10-15)11-19(4)5/h7-10,13,21H,6,11-12H2,1-5H3,(H,18,20). The molecule has 4 nitrogen and oxygen atoms in total. The van der Waals surface area contributed by atoms with Crippen molar-refractivity contribution in [2.24, 2.45) is 5.92 Å². The number of carbonyl (C=O) groups is 1. The highest BCUT2D eigenvalue weighted by Crippen LogP contribution is 2.19. The molecule has 0 aliphatic rings. The molecule has 2 N–H and O–H groups in total. The fourth-order valence-electron chi connectivity index (χ4n) is 2.10. The number of hydrogen-bond donors (Lipinski definition) is 2. The first-order chi connectivity index (χ1) is 9.76. The van der Waals surface area contributed by atoms with E-state index in [0.29, 0.717) is 5.56 Å². The molecule has 1 amide bonds. The van der Waals surface area contributed by atoms with Crippen molar-refractivity contribution in [2.45, 2.75) is 39.3 Å². The first-order valence-electron chi connectivity index (χ1n) is 7.50. The molecule has 0 radical (unpaired) electrons. The highest BCUT2D eigenvalue weighted by molar-refractivity contribution is 5.94. The Morgan fingerprint density at radius 2 is 1.90 bits per heavy atom. The maximum atomic E-state index is 12.1. The van der Waals surface area contributed by atoms with E-state index in [0.717, 1.165) is 13.0 Å². The fourth-order valence-corrected chi connectivity index (χ4v) is 2.10. The van der Waals surface area contributed by atoms with Crippen molar-refractivity contribution >= 4 is 5.91 Å². The van der Waals surface area contributed by atoms with Gasteiger partial charge in [0.05, 0.1) is 5.60 Å². The van der Waals surface area contributed by atoms with Gasteiger partial charge in [-0.05, 0) is 44.6 Å². The zero-order valence-corrected chi connectivity index (χ0v) is 13.8. The van der Waals surface area contributed by atoms with Crippen molar-refractivity contribution in [2.75, 3.05) is 20.6 Å². The number of hydrogen-bond acceptors (Lipinski definition) is 3. The first kappa shape index (κ1) is 17.7. The van der Waals surface area contributed by atoms with Crippen LogP contribution < -0.4 is 5.32 Å². The summed E-state index contributed by atoms with van der Waals surface area (Å²) in [6.07, 6.45) is 0.877. The minimum absolute atomic E-state index is 0.139. The van der Waals surface area contributed by atoms with E-state index < -0.39 is 5.60 Å². The summed E-state index contributed by atoms with van der Waals surface area (Å²) >= 11 is 0. The van der Waals surface area contributed by atoms with E-state index in [-0.39, 0.29) is 18.4 Å². The van der Waals surface area contributed by atoms with Crippen LogP contribution in [0.2, 0.25) is 0 Å². The third-order valence-corrected chi connectivity index (χ3v) is 4.00. The van der Waals surface area contributed by atoms with Crippen molar-refractivity contribution in [1.29, 1.82) is 0 Å². The first-order valence-corrected chi connectivity index (χ1v) is 7.50. The lowest BCUT2D eigenvalue weighted by molar-refractivity contribution is 0.00592. The summed E-state index contributed by atoms with van der Waals surface area (Å²) in [5.41, 5.74) is 0.913. The molecule has 1 aromatic rings. The molecule has 0 saturated carbocycles. The highest BCUT2D eigenvalue weighted by Gasteiger charge is 2.27. The molecule has 0 aromatic heterocycles. The van der Waals surface area contributed by atoms with Crippen LogP contribution in [0.4, 0.5) is 0 Å². The van der Waals surface area contributed by atoms with Gasteiger partial charge in [-0.15, -0.1) is 0 Å². The molecule has 0 aliphatic carbocycles. The number of benzene rings is 1. The molecule has 0 heterocycles. The van der Waals surface area contributed by atoms with Gasteiger partial charge in [0, 0.05) is 18.7 Å². The van der Waals surface area contributed by atoms with Gasteiger partial charge in [-0.2, -0.15) is 0 Å². The third-order valence-electron chi connectivity index (χ3n) is 4.00. The average molecular weight is 292 g/mol. The van der Waals surface area contributed by atoms with Crippen molar-refractivity contribution in [3.8, 4) is 0 Å². The van der Waals surface area contributed by atoms with Gasteiger partial charge in [-0.1, -0.05) is 32.4 Å². The van der Waals surface area contributed by atoms with Crippen molar-refractivity contribution in [3.63, 3.8) is 0 Å². The minimum Gasteiger partial charge on any atom is -0.388 e. The topological polar surface area (TPSA) is 52.6 Å². The van der Waals surface area contributed by atoms with E-state index in [1.165, 1.54) is 5.56 Å². The Labute approximate surface area is 128 Å². The summed E-state index contributed by atoms with van der Waals surface area (Å²) < 4.78 is 0. The van der Waals surface area contributed by atoms with Crippen LogP contribution in [-0.4, -0.2) is 42.2 Å². The van der Waals surface area contributed by atoms with Gasteiger partial charge in [0.2, 0.25) is 0 Å². The largest absolute Gasteiger partial charge is 0.388 e. The average Bonchev–Trinajstić information content (AvgIpc) is 2.44. The number of nitrogens with one attached hydrogen (secondary N) is 1. The van der Waals surface area contributed by atoms with Crippen LogP contribution in [0.1, 0.15) is 43.1 Å². The zero-order chi connectivity index (χ0) is 16.0. The molecule has 118 valence electrons. The number of aliphatic hydroxyl groups is 1. The maximum Gasteiger partial charge on any atom is 0.251 e. The Morgan fingerprint density at radius 3 is 2.38 bits per heavy atom. The molecule has 0 aliphatic heterocycles. The molecule has 2 atom stereocenters. The molecule has 21 heavy (non-hydrogen) atoms. The molecule has 2 unspecified atom stereocenters. The van der Waals surface area contributed by atoms with Gasteiger partial charge >= 0.3 is 0 Å². The van der Waals surface area contributed by atoms with Gasteiger partial charge in [0.1, 0.15) is 0 Å². The lowest BCUT2D eigenvalue weighted by Crippen LogP contribution is -2.45. The second-order valence-corrected chi connectivity index (χ2v) is 6.28. The number of amides is 1. The second kappa shape index (κ2) is 7.57. The van der Waals surface area contributed by atoms with Crippen LogP contribution in [0.3, 0.4) is 0 Å². The second-order valence-electron chi connectivity index (χ2n) is 6.28. The third kappa shape index (κ3) is 5.48. The predicted octanol–water partition coefficient (Wildman–Crippen LogP) is 2.28. The Kier molecular flexibility index (Phi) is 6.37. The van der Waals surface area contributed by atoms with E-state index in [9.17, 15) is 9.90 Å². The van der Waals surface area contributed by atoms with Crippen LogP contribution in [-0.2, 0) is 6.54 Å². The van der Waals surface area contributed by atoms with E-state index in [1.807, 2.05) is 52.2 Å². The van der Waals surface area contributed by atoms with Gasteiger partial charge in [0.25, 0.3) is 5.91 Å². The summed E-state index contributed by atoms with van der Waals surface area (Å²) in [6, 6.07) is 7.57. The normalized spacial score (nSPS) is 15.6. The van der Waals surface area contributed by atoms with Gasteiger partial charge < -0.3 is 15.3 Å². The lowest BCUT2D eigenvalue weighted by atomic mass is 9.88. The monoisotopic (exact) mass is 292 g/mol. The number of nitrogens with zero attached hydrogens (tertiary/aromatic N) is 1. The zero-order valence-electron chi connectivity index (χ0n) is 13.8. The van der Waals surface area contributed by atoms with E-state index in [1.54, 1.807) is 6.92 Å². The molecule has 0 bridgehead atoms. The van der Waals surface area contributed by atoms with E-state index >= 15 is 0 Å². The van der Waals surface area contributed by atoms with Crippen LogP contribution in [0.15, 0.2) is 24.3 Å². The number of rotatable bonds is 7. The lowest BCUT2D eigenvalue weighted by Gasteiger charge is -2.29. The smallest absolute Gasteiger partial charge is 0.251 e. The molecule has 0 spiro atoms. The van der Waals surface area contributed by atoms with Crippen LogP contribution in [0.5, 0.6) is 0 Å². The maximum absolute atomic E-state index is 12.1. The molecular weight excluding hydrogens is 264 g/mol. The summed E-state index contributed by atoms with van der Waals surface area (Å²) in [4.78, 5) is 14.2. The summed E-state index contributed by atoms with van der Waals surface area (Å²) in [5.74, 6) is -0.00440. The molecule has 1 rings (SSSR count). The van der Waals surface area contributed by atoms with Crippen molar-refractivity contribution in [1.82, 2.24) is 10.2 Å². The summed E-state index contributed by atoms with van der Waals surface area (Å²) in [7, 11) is 4.02. The molecular formula is C17H28N2O2. The molecule has 0 fully saturated rings. The Morgan fingerprint density at radius 1 is 1.33 bits per heavy atom. The summed E-state index contributed by atoms with van der Waals surface area (Å²) in [5, 5.41) is 13.1. The van der Waals surface area contributed by atoms with Crippen LogP contribution in [0, 0.1) is 5.92 Å². The molecule has 1 aromatic carbocycles. The summed E-state index contributed by atoms with van der Waals surface area (Å²) in [6.45, 7) is 6.90. The van der Waals surface area contributed by atoms with E-state index in [2.05, 4.69) is 10.2 Å². The van der Waals surface area contributed by atoms with Crippen molar-refractivity contribution < 1.29 is 9.90 Å². The molecule has 0 saturated heterocycles.